The molecule has 1 aliphatic rings. The van der Waals surface area contributed by atoms with Crippen molar-refractivity contribution >= 4 is 21.9 Å². The zero-order chi connectivity index (χ0) is 13.8. The summed E-state index contributed by atoms with van der Waals surface area (Å²) in [5, 5.41) is 12.3. The predicted molar refractivity (Wildman–Crippen MR) is 76.6 cm³/mol. The number of halogens is 1. The number of carbonyl (C=O) groups is 1. The third-order valence-corrected chi connectivity index (χ3v) is 4.10. The van der Waals surface area contributed by atoms with Crippen molar-refractivity contribution in [2.75, 3.05) is 7.11 Å². The van der Waals surface area contributed by atoms with Crippen LogP contribution in [-0.4, -0.2) is 30.3 Å². The molecule has 1 aliphatic heterocycles. The average Bonchev–Trinajstić information content (AvgIpc) is 2.39. The highest BCUT2D eigenvalue weighted by molar-refractivity contribution is 9.10. The summed E-state index contributed by atoms with van der Waals surface area (Å²) in [6.07, 6.45) is 3.55. The van der Waals surface area contributed by atoms with E-state index in [0.29, 0.717) is 0 Å². The zero-order valence-corrected chi connectivity index (χ0v) is 12.4. The second-order valence-electron chi connectivity index (χ2n) is 4.86. The van der Waals surface area contributed by atoms with Gasteiger partial charge in [-0.2, -0.15) is 0 Å². The number of nitrogens with one attached hydrogen (secondary N) is 1. The lowest BCUT2D eigenvalue weighted by Crippen LogP contribution is -2.47. The molecule has 1 heterocycles. The van der Waals surface area contributed by atoms with E-state index in [1.165, 1.54) is 5.56 Å². The van der Waals surface area contributed by atoms with Crippen LogP contribution in [0.4, 0.5) is 0 Å². The maximum Gasteiger partial charge on any atom is 0.320 e. The van der Waals surface area contributed by atoms with Gasteiger partial charge in [0.05, 0.1) is 11.6 Å². The molecule has 0 aromatic heterocycles. The number of piperidine rings is 1. The minimum Gasteiger partial charge on any atom is -0.496 e. The van der Waals surface area contributed by atoms with E-state index >= 15 is 0 Å². The van der Waals surface area contributed by atoms with Gasteiger partial charge in [-0.3, -0.25) is 4.79 Å². The molecule has 1 saturated heterocycles. The van der Waals surface area contributed by atoms with E-state index in [9.17, 15) is 4.79 Å². The highest BCUT2D eigenvalue weighted by Gasteiger charge is 2.25. The monoisotopic (exact) mass is 327 g/mol. The summed E-state index contributed by atoms with van der Waals surface area (Å²) in [5.41, 5.74) is 1.18. The maximum atomic E-state index is 11.0. The van der Waals surface area contributed by atoms with E-state index in [1.54, 1.807) is 7.11 Å². The molecule has 4 nitrogen and oxygen atoms in total. The van der Waals surface area contributed by atoms with Crippen LogP contribution in [0.15, 0.2) is 22.7 Å². The Morgan fingerprint density at radius 2 is 2.32 bits per heavy atom. The molecule has 0 radical (unpaired) electrons. The second kappa shape index (κ2) is 6.39. The molecule has 0 aliphatic carbocycles. The van der Waals surface area contributed by atoms with Gasteiger partial charge in [0.1, 0.15) is 11.8 Å². The van der Waals surface area contributed by atoms with Gasteiger partial charge in [-0.05, 0) is 59.3 Å². The normalized spacial score (nSPS) is 23.1. The lowest BCUT2D eigenvalue weighted by Gasteiger charge is -2.28. The third-order valence-electron chi connectivity index (χ3n) is 3.48. The van der Waals surface area contributed by atoms with Crippen LogP contribution in [0, 0.1) is 0 Å². The first-order valence-electron chi connectivity index (χ1n) is 6.41. The van der Waals surface area contributed by atoms with E-state index in [-0.39, 0.29) is 6.04 Å². The quantitative estimate of drug-likeness (QED) is 0.892. The molecule has 1 aromatic carbocycles. The van der Waals surface area contributed by atoms with Crippen LogP contribution in [0.3, 0.4) is 0 Å². The Bertz CT molecular complexity index is 464. The largest absolute Gasteiger partial charge is 0.496 e. The summed E-state index contributed by atoms with van der Waals surface area (Å²) in [5.74, 6) is 0.0596. The summed E-state index contributed by atoms with van der Waals surface area (Å²) >= 11 is 3.47. The minimum atomic E-state index is -0.749. The number of rotatable bonds is 4. The lowest BCUT2D eigenvalue weighted by molar-refractivity contribution is -0.140. The number of hydrogen-bond donors (Lipinski definition) is 2. The van der Waals surface area contributed by atoms with Crippen molar-refractivity contribution < 1.29 is 14.6 Å². The molecule has 1 fully saturated rings. The van der Waals surface area contributed by atoms with Gasteiger partial charge in [0.25, 0.3) is 0 Å². The molecule has 104 valence electrons. The fraction of sp³-hybridized carbons (Fsp3) is 0.500. The number of aliphatic carboxylic acids is 1. The zero-order valence-electron chi connectivity index (χ0n) is 10.9. The molecule has 0 saturated carbocycles. The van der Waals surface area contributed by atoms with Gasteiger partial charge in [-0.1, -0.05) is 6.07 Å². The first kappa shape index (κ1) is 14.3. The predicted octanol–water partition coefficient (Wildman–Crippen LogP) is 2.60. The molecule has 2 atom stereocenters. The van der Waals surface area contributed by atoms with Gasteiger partial charge in [0.2, 0.25) is 0 Å². The summed E-state index contributed by atoms with van der Waals surface area (Å²) < 4.78 is 6.13. The Balaban J connectivity index is 2.00. The maximum absolute atomic E-state index is 11.0. The molecule has 0 amide bonds. The van der Waals surface area contributed by atoms with Crippen molar-refractivity contribution in [3.63, 3.8) is 0 Å². The molecule has 2 N–H and O–H groups in total. The minimum absolute atomic E-state index is 0.232. The number of carboxylic acids is 1. The van der Waals surface area contributed by atoms with Gasteiger partial charge in [0, 0.05) is 6.04 Å². The highest BCUT2D eigenvalue weighted by atomic mass is 79.9. The number of hydrogen-bond acceptors (Lipinski definition) is 3. The molecule has 19 heavy (non-hydrogen) atoms. The van der Waals surface area contributed by atoms with Crippen molar-refractivity contribution in [1.29, 1.82) is 0 Å². The van der Waals surface area contributed by atoms with Crippen LogP contribution < -0.4 is 10.1 Å². The highest BCUT2D eigenvalue weighted by Crippen LogP contribution is 2.27. The first-order valence-corrected chi connectivity index (χ1v) is 7.20. The van der Waals surface area contributed by atoms with E-state index in [4.69, 9.17) is 9.84 Å². The van der Waals surface area contributed by atoms with Crippen LogP contribution >= 0.6 is 15.9 Å². The number of methoxy groups -OCH3 is 1. The fourth-order valence-corrected chi connectivity index (χ4v) is 3.08. The number of carboxylic acid groups (broad SMARTS) is 1. The summed E-state index contributed by atoms with van der Waals surface area (Å²) in [6, 6.07) is 5.81. The van der Waals surface area contributed by atoms with Gasteiger partial charge < -0.3 is 15.2 Å². The summed E-state index contributed by atoms with van der Waals surface area (Å²) in [6.45, 7) is 0. The Hall–Kier alpha value is -1.07. The van der Waals surface area contributed by atoms with Crippen LogP contribution in [0.5, 0.6) is 5.75 Å². The van der Waals surface area contributed by atoms with Crippen LogP contribution in [0.2, 0.25) is 0 Å². The van der Waals surface area contributed by atoms with Crippen molar-refractivity contribution in [3.8, 4) is 5.75 Å². The first-order chi connectivity index (χ1) is 9.10. The molecule has 5 heteroatoms. The Kier molecular flexibility index (Phi) is 4.82. The Morgan fingerprint density at radius 3 is 2.95 bits per heavy atom. The van der Waals surface area contributed by atoms with Gasteiger partial charge >= 0.3 is 5.97 Å². The van der Waals surface area contributed by atoms with Gasteiger partial charge in [-0.25, -0.2) is 0 Å². The van der Waals surface area contributed by atoms with E-state index < -0.39 is 12.0 Å². The summed E-state index contributed by atoms with van der Waals surface area (Å²) in [7, 11) is 1.64. The van der Waals surface area contributed by atoms with Crippen molar-refractivity contribution in [2.24, 2.45) is 0 Å². The standard InChI is InChI=1S/C14H18BrNO3/c1-19-13-6-5-9(8-11(13)15)7-10-3-2-4-12(16-10)14(17)18/h5-6,8,10,12,16H,2-4,7H2,1H3,(H,17,18). The SMILES string of the molecule is COc1ccc(CC2CCCC(C(=O)O)N2)cc1Br. The smallest absolute Gasteiger partial charge is 0.320 e. The van der Waals surface area contributed by atoms with Gasteiger partial charge in [0.15, 0.2) is 0 Å². The number of benzene rings is 1. The van der Waals surface area contributed by atoms with Crippen molar-refractivity contribution in [3.05, 3.63) is 28.2 Å². The fourth-order valence-electron chi connectivity index (χ4n) is 2.50. The topological polar surface area (TPSA) is 58.6 Å². The lowest BCUT2D eigenvalue weighted by atomic mass is 9.94. The third kappa shape index (κ3) is 3.70. The van der Waals surface area contributed by atoms with Crippen LogP contribution in [0.25, 0.3) is 0 Å². The summed E-state index contributed by atoms with van der Waals surface area (Å²) in [4.78, 5) is 11.0. The van der Waals surface area contributed by atoms with Crippen LogP contribution in [0.1, 0.15) is 24.8 Å². The number of ether oxygens (including phenoxy) is 1. The molecule has 2 unspecified atom stereocenters. The van der Waals surface area contributed by atoms with Gasteiger partial charge in [-0.15, -0.1) is 0 Å². The van der Waals surface area contributed by atoms with E-state index in [0.717, 1.165) is 35.9 Å². The molecular weight excluding hydrogens is 310 g/mol. The molecule has 0 bridgehead atoms. The van der Waals surface area contributed by atoms with E-state index in [1.807, 2.05) is 18.2 Å². The molecular formula is C14H18BrNO3. The Morgan fingerprint density at radius 1 is 1.53 bits per heavy atom. The Labute approximate surface area is 121 Å². The van der Waals surface area contributed by atoms with E-state index in [2.05, 4.69) is 21.2 Å². The molecule has 1 aromatic rings. The molecule has 0 spiro atoms. The average molecular weight is 328 g/mol. The second-order valence-corrected chi connectivity index (χ2v) is 5.71. The van der Waals surface area contributed by atoms with Crippen molar-refractivity contribution in [2.45, 2.75) is 37.8 Å². The van der Waals surface area contributed by atoms with Crippen molar-refractivity contribution in [1.82, 2.24) is 5.32 Å². The molecule has 2 rings (SSSR count). The van der Waals surface area contributed by atoms with Crippen LogP contribution in [-0.2, 0) is 11.2 Å².